The number of carbonyl (C=O) groups is 1. The summed E-state index contributed by atoms with van der Waals surface area (Å²) in [4.78, 5) is 19.9. The van der Waals surface area contributed by atoms with Gasteiger partial charge in [-0.2, -0.15) is 5.26 Å². The predicted octanol–water partition coefficient (Wildman–Crippen LogP) is 6.15. The van der Waals surface area contributed by atoms with E-state index in [1.165, 1.54) is 0 Å². The van der Waals surface area contributed by atoms with E-state index in [0.29, 0.717) is 12.1 Å². The molecular formula is C28H23BrClN5O. The van der Waals surface area contributed by atoms with Crippen molar-refractivity contribution in [2.24, 2.45) is 0 Å². The minimum atomic E-state index is -0.194. The highest BCUT2D eigenvalue weighted by atomic mass is 79.9. The summed E-state index contributed by atoms with van der Waals surface area (Å²) in [7, 11) is 0. The van der Waals surface area contributed by atoms with Gasteiger partial charge in [-0.3, -0.25) is 9.47 Å². The summed E-state index contributed by atoms with van der Waals surface area (Å²) in [6.45, 7) is 2.76. The van der Waals surface area contributed by atoms with Crippen LogP contribution in [0.15, 0.2) is 71.5 Å². The number of nitrogens with one attached hydrogen (secondary N) is 1. The lowest BCUT2D eigenvalue weighted by atomic mass is 10.0. The van der Waals surface area contributed by atoms with E-state index in [1.807, 2.05) is 48.5 Å². The number of pyridine rings is 1. The van der Waals surface area contributed by atoms with Gasteiger partial charge in [-0.15, -0.1) is 0 Å². The predicted molar refractivity (Wildman–Crippen MR) is 146 cm³/mol. The number of nitriles is 1. The van der Waals surface area contributed by atoms with Crippen LogP contribution < -0.4 is 5.32 Å². The molecule has 0 saturated carbocycles. The summed E-state index contributed by atoms with van der Waals surface area (Å²) < 4.78 is 2.48. The highest BCUT2D eigenvalue weighted by Crippen LogP contribution is 2.31. The van der Waals surface area contributed by atoms with Gasteiger partial charge in [0, 0.05) is 54.9 Å². The van der Waals surface area contributed by atoms with E-state index in [0.717, 1.165) is 69.0 Å². The van der Waals surface area contributed by atoms with Gasteiger partial charge in [0.15, 0.2) is 0 Å². The van der Waals surface area contributed by atoms with Crippen molar-refractivity contribution in [1.29, 1.82) is 5.26 Å². The number of rotatable bonds is 5. The Morgan fingerprint density at radius 2 is 2.03 bits per heavy atom. The summed E-state index contributed by atoms with van der Waals surface area (Å²) in [5.74, 6) is 0. The second-order valence-electron chi connectivity index (χ2n) is 8.69. The molecule has 0 radical (unpaired) electrons. The molecule has 0 bridgehead atoms. The molecule has 1 N–H and O–H groups in total. The Balaban J connectivity index is 1.39. The second-order valence-corrected chi connectivity index (χ2v) is 9.94. The van der Waals surface area contributed by atoms with Crippen molar-refractivity contribution in [3.63, 3.8) is 0 Å². The van der Waals surface area contributed by atoms with Crippen LogP contribution in [-0.2, 0) is 19.5 Å². The summed E-state index contributed by atoms with van der Waals surface area (Å²) in [6.07, 6.45) is 6.70. The summed E-state index contributed by atoms with van der Waals surface area (Å²) in [5.41, 5.74) is 5.51. The van der Waals surface area contributed by atoms with Crippen LogP contribution in [0.1, 0.15) is 27.9 Å². The Kier molecular flexibility index (Phi) is 7.19. The minimum Gasteiger partial charge on any atom is -0.333 e. The fourth-order valence-corrected chi connectivity index (χ4v) is 5.13. The highest BCUT2D eigenvalue weighted by Gasteiger charge is 2.26. The zero-order chi connectivity index (χ0) is 25.1. The molecule has 8 heteroatoms. The first-order valence-corrected chi connectivity index (χ1v) is 12.8. The first-order valence-electron chi connectivity index (χ1n) is 11.6. The van der Waals surface area contributed by atoms with Crippen molar-refractivity contribution in [1.82, 2.24) is 19.8 Å². The van der Waals surface area contributed by atoms with Crippen molar-refractivity contribution >= 4 is 50.5 Å². The van der Waals surface area contributed by atoms with E-state index in [4.69, 9.17) is 11.6 Å². The third-order valence-electron chi connectivity index (χ3n) is 6.34. The van der Waals surface area contributed by atoms with E-state index in [9.17, 15) is 10.1 Å². The van der Waals surface area contributed by atoms with E-state index in [1.54, 1.807) is 16.8 Å². The Hall–Kier alpha value is -3.44. The zero-order valence-corrected chi connectivity index (χ0v) is 21.8. The Morgan fingerprint density at radius 3 is 2.81 bits per heavy atom. The van der Waals surface area contributed by atoms with E-state index < -0.39 is 0 Å². The molecule has 1 aliphatic rings. The Morgan fingerprint density at radius 1 is 1.19 bits per heavy atom. The van der Waals surface area contributed by atoms with Gasteiger partial charge in [-0.05, 0) is 69.0 Å². The Bertz CT molecular complexity index is 1500. The van der Waals surface area contributed by atoms with Crippen LogP contribution in [0.25, 0.3) is 17.0 Å². The number of aromatic nitrogens is 2. The number of benzene rings is 2. The topological polar surface area (TPSA) is 74.0 Å². The van der Waals surface area contributed by atoms with Crippen molar-refractivity contribution in [2.75, 3.05) is 13.1 Å². The lowest BCUT2D eigenvalue weighted by Crippen LogP contribution is -2.34. The SMILES string of the molecule is N#Cc1ccc2c3c(n(C(=O)NCc4ccnc(Br)c4)c2c1)CCN(C/C=C/c1ccc(Cl)cc1)C3. The van der Waals surface area contributed by atoms with Crippen LogP contribution in [0.4, 0.5) is 4.79 Å². The van der Waals surface area contributed by atoms with Gasteiger partial charge >= 0.3 is 6.03 Å². The third kappa shape index (κ3) is 5.21. The van der Waals surface area contributed by atoms with Crippen molar-refractivity contribution < 1.29 is 4.79 Å². The van der Waals surface area contributed by atoms with Gasteiger partial charge in [0.1, 0.15) is 4.60 Å². The average molecular weight is 561 g/mol. The molecule has 2 aromatic heterocycles. The number of fused-ring (bicyclic) bond motifs is 3. The maximum atomic E-state index is 13.4. The van der Waals surface area contributed by atoms with Crippen LogP contribution in [0.3, 0.4) is 0 Å². The molecule has 180 valence electrons. The monoisotopic (exact) mass is 559 g/mol. The van der Waals surface area contributed by atoms with Gasteiger partial charge in [-0.25, -0.2) is 9.78 Å². The van der Waals surface area contributed by atoms with Crippen LogP contribution in [0, 0.1) is 11.3 Å². The number of hydrogen-bond donors (Lipinski definition) is 1. The second kappa shape index (κ2) is 10.7. The molecule has 5 rings (SSSR count). The smallest absolute Gasteiger partial charge is 0.326 e. The minimum absolute atomic E-state index is 0.194. The first-order chi connectivity index (χ1) is 17.5. The number of carbonyl (C=O) groups excluding carboxylic acids is 1. The molecular weight excluding hydrogens is 538 g/mol. The Labute approximate surface area is 222 Å². The van der Waals surface area contributed by atoms with Crippen LogP contribution >= 0.6 is 27.5 Å². The number of nitrogens with zero attached hydrogens (tertiary/aromatic N) is 4. The van der Waals surface area contributed by atoms with E-state index in [-0.39, 0.29) is 6.03 Å². The number of hydrogen-bond acceptors (Lipinski definition) is 4. The summed E-state index contributed by atoms with van der Waals surface area (Å²) in [6, 6.07) is 19.1. The van der Waals surface area contributed by atoms with Gasteiger partial charge in [0.2, 0.25) is 0 Å². The van der Waals surface area contributed by atoms with Crippen molar-refractivity contribution in [3.05, 3.63) is 104 Å². The molecule has 6 nitrogen and oxygen atoms in total. The van der Waals surface area contributed by atoms with Crippen LogP contribution in [-0.4, -0.2) is 33.6 Å². The molecule has 0 saturated heterocycles. The molecule has 2 aromatic carbocycles. The lowest BCUT2D eigenvalue weighted by molar-refractivity contribution is 0.240. The maximum Gasteiger partial charge on any atom is 0.326 e. The number of halogens is 2. The molecule has 0 fully saturated rings. The first kappa shape index (κ1) is 24.3. The molecule has 0 spiro atoms. The van der Waals surface area contributed by atoms with Gasteiger partial charge < -0.3 is 5.32 Å². The van der Waals surface area contributed by atoms with Crippen molar-refractivity contribution in [2.45, 2.75) is 19.5 Å². The molecule has 36 heavy (non-hydrogen) atoms. The molecule has 1 aliphatic heterocycles. The molecule has 0 atom stereocenters. The normalized spacial score (nSPS) is 13.6. The highest BCUT2D eigenvalue weighted by molar-refractivity contribution is 9.10. The molecule has 4 aromatic rings. The fraction of sp³-hybridized carbons (Fsp3) is 0.179. The van der Waals surface area contributed by atoms with Crippen LogP contribution in [0.5, 0.6) is 0 Å². The van der Waals surface area contributed by atoms with Gasteiger partial charge in [0.05, 0.1) is 17.1 Å². The maximum absolute atomic E-state index is 13.4. The molecule has 0 unspecified atom stereocenters. The van der Waals surface area contributed by atoms with Gasteiger partial charge in [0.25, 0.3) is 0 Å². The fourth-order valence-electron chi connectivity index (χ4n) is 4.59. The summed E-state index contributed by atoms with van der Waals surface area (Å²) in [5, 5.41) is 14.2. The largest absolute Gasteiger partial charge is 0.333 e. The zero-order valence-electron chi connectivity index (χ0n) is 19.4. The van der Waals surface area contributed by atoms with Crippen molar-refractivity contribution in [3.8, 4) is 6.07 Å². The lowest BCUT2D eigenvalue weighted by Gasteiger charge is -2.27. The van der Waals surface area contributed by atoms with E-state index in [2.05, 4.69) is 49.4 Å². The number of amides is 1. The quantitative estimate of drug-likeness (QED) is 0.297. The molecule has 1 amide bonds. The third-order valence-corrected chi connectivity index (χ3v) is 7.03. The van der Waals surface area contributed by atoms with E-state index >= 15 is 0 Å². The van der Waals surface area contributed by atoms with Crippen LogP contribution in [0.2, 0.25) is 5.02 Å². The molecule has 3 heterocycles. The molecule has 0 aliphatic carbocycles. The van der Waals surface area contributed by atoms with Gasteiger partial charge in [-0.1, -0.05) is 42.0 Å². The standard InChI is InChI=1S/C28H23BrClN5O/c29-27-15-21(9-11-32-27)17-33-28(36)35-25-10-13-34(12-1-2-19-3-6-22(30)7-4-19)18-24(25)23-8-5-20(16-31)14-26(23)35/h1-9,11,14-15H,10,12-13,17-18H2,(H,33,36)/b2-1+. The average Bonchev–Trinajstić information content (AvgIpc) is 3.21. The summed E-state index contributed by atoms with van der Waals surface area (Å²) >= 11 is 9.35.